The molecule has 0 aliphatic rings. The van der Waals surface area contributed by atoms with E-state index < -0.39 is 0 Å². The molecule has 1 amide bonds. The summed E-state index contributed by atoms with van der Waals surface area (Å²) in [6.45, 7) is 1.92. The fraction of sp³-hybridized carbons (Fsp3) is 0.273. The number of aromatic amines is 1. The molecule has 1 atom stereocenters. The van der Waals surface area contributed by atoms with Gasteiger partial charge in [0, 0.05) is 28.0 Å². The first-order chi connectivity index (χ1) is 15.1. The predicted molar refractivity (Wildman–Crippen MR) is 124 cm³/mol. The van der Waals surface area contributed by atoms with E-state index in [0.29, 0.717) is 5.02 Å². The number of aryl methyl sites for hydroxylation is 1. The molecule has 0 aliphatic heterocycles. The lowest BCUT2D eigenvalue weighted by molar-refractivity contribution is -0.121. The van der Waals surface area contributed by atoms with Gasteiger partial charge in [0.25, 0.3) is 0 Å². The third-order valence-electron chi connectivity index (χ3n) is 5.13. The largest absolute Gasteiger partial charge is 0.346 e. The van der Waals surface area contributed by atoms with Gasteiger partial charge >= 0.3 is 0 Å². The lowest BCUT2D eigenvalue weighted by Crippen LogP contribution is -2.31. The van der Waals surface area contributed by atoms with E-state index in [2.05, 4.69) is 25.7 Å². The van der Waals surface area contributed by atoms with Gasteiger partial charge in [0.2, 0.25) is 5.91 Å². The minimum Gasteiger partial charge on any atom is -0.346 e. The molecule has 1 unspecified atom stereocenters. The van der Waals surface area contributed by atoms with Crippen molar-refractivity contribution in [3.8, 4) is 11.3 Å². The maximum atomic E-state index is 13.1. The molecule has 0 saturated heterocycles. The molecular weight excluding hydrogens is 432 g/mol. The SMILES string of the molecule is CSCCC(NC(=O)Cc1c(-c2ccc(Cl)cc2)n[nH]c1C)c1nnc2ccccn12. The number of hydrogen-bond acceptors (Lipinski definition) is 5. The molecule has 1 aromatic carbocycles. The predicted octanol–water partition coefficient (Wildman–Crippen LogP) is 4.23. The Hall–Kier alpha value is -2.84. The lowest BCUT2D eigenvalue weighted by Gasteiger charge is -2.17. The van der Waals surface area contributed by atoms with Crippen molar-refractivity contribution in [2.45, 2.75) is 25.8 Å². The molecule has 9 heteroatoms. The van der Waals surface area contributed by atoms with Crippen LogP contribution in [0.15, 0.2) is 48.7 Å². The van der Waals surface area contributed by atoms with Crippen molar-refractivity contribution < 1.29 is 4.79 Å². The van der Waals surface area contributed by atoms with Crippen LogP contribution in [0.25, 0.3) is 16.9 Å². The van der Waals surface area contributed by atoms with Gasteiger partial charge in [-0.05, 0) is 49.6 Å². The van der Waals surface area contributed by atoms with Gasteiger partial charge in [0.15, 0.2) is 11.5 Å². The number of carbonyl (C=O) groups excluding carboxylic acids is 1. The highest BCUT2D eigenvalue weighted by atomic mass is 35.5. The number of amides is 1. The number of hydrogen-bond donors (Lipinski definition) is 2. The molecule has 0 fully saturated rings. The van der Waals surface area contributed by atoms with Crippen LogP contribution in [-0.4, -0.2) is 42.7 Å². The molecule has 160 valence electrons. The summed E-state index contributed by atoms with van der Waals surface area (Å²) < 4.78 is 1.92. The molecule has 0 saturated carbocycles. The maximum Gasteiger partial charge on any atom is 0.225 e. The number of benzene rings is 1. The van der Waals surface area contributed by atoms with Crippen LogP contribution in [0.1, 0.15) is 29.5 Å². The number of aromatic nitrogens is 5. The monoisotopic (exact) mass is 454 g/mol. The fourth-order valence-corrected chi connectivity index (χ4v) is 4.12. The Bertz CT molecular complexity index is 1190. The van der Waals surface area contributed by atoms with Crippen LogP contribution in [-0.2, 0) is 11.2 Å². The van der Waals surface area contributed by atoms with Crippen molar-refractivity contribution in [3.05, 3.63) is 70.8 Å². The summed E-state index contributed by atoms with van der Waals surface area (Å²) in [6, 6.07) is 13.0. The van der Waals surface area contributed by atoms with Crippen molar-refractivity contribution in [1.82, 2.24) is 30.1 Å². The number of H-pyrrole nitrogens is 1. The first-order valence-electron chi connectivity index (χ1n) is 9.94. The normalized spacial score (nSPS) is 12.2. The summed E-state index contributed by atoms with van der Waals surface area (Å²) in [4.78, 5) is 13.1. The molecule has 3 heterocycles. The highest BCUT2D eigenvalue weighted by Gasteiger charge is 2.22. The average molecular weight is 455 g/mol. The molecule has 0 bridgehead atoms. The molecule has 0 spiro atoms. The van der Waals surface area contributed by atoms with E-state index in [1.807, 2.05) is 66.2 Å². The van der Waals surface area contributed by atoms with E-state index in [1.165, 1.54) is 0 Å². The van der Waals surface area contributed by atoms with Gasteiger partial charge in [-0.15, -0.1) is 10.2 Å². The highest BCUT2D eigenvalue weighted by molar-refractivity contribution is 7.98. The zero-order valence-corrected chi connectivity index (χ0v) is 18.9. The zero-order chi connectivity index (χ0) is 21.8. The van der Waals surface area contributed by atoms with Gasteiger partial charge in [0.1, 0.15) is 0 Å². The first kappa shape index (κ1) is 21.4. The van der Waals surface area contributed by atoms with Crippen LogP contribution in [0.5, 0.6) is 0 Å². The number of pyridine rings is 1. The molecule has 0 aliphatic carbocycles. The van der Waals surface area contributed by atoms with Crippen LogP contribution in [0.4, 0.5) is 0 Å². The smallest absolute Gasteiger partial charge is 0.225 e. The van der Waals surface area contributed by atoms with Crippen LogP contribution in [0.2, 0.25) is 5.02 Å². The quantitative estimate of drug-likeness (QED) is 0.416. The van der Waals surface area contributed by atoms with E-state index in [0.717, 1.165) is 46.2 Å². The molecule has 2 N–H and O–H groups in total. The third-order valence-corrected chi connectivity index (χ3v) is 6.02. The fourth-order valence-electron chi connectivity index (χ4n) is 3.52. The molecular formula is C22H23ClN6OS. The first-order valence-corrected chi connectivity index (χ1v) is 11.7. The number of halogens is 1. The Balaban J connectivity index is 1.56. The molecule has 4 rings (SSSR count). The van der Waals surface area contributed by atoms with Crippen molar-refractivity contribution >= 4 is 34.9 Å². The van der Waals surface area contributed by atoms with Crippen molar-refractivity contribution in [2.24, 2.45) is 0 Å². The topological polar surface area (TPSA) is 88.0 Å². The number of fused-ring (bicyclic) bond motifs is 1. The molecule has 3 aromatic heterocycles. The zero-order valence-electron chi connectivity index (χ0n) is 17.3. The van der Waals surface area contributed by atoms with Crippen molar-refractivity contribution in [2.75, 3.05) is 12.0 Å². The molecule has 0 radical (unpaired) electrons. The summed E-state index contributed by atoms with van der Waals surface area (Å²) >= 11 is 7.74. The van der Waals surface area contributed by atoms with Crippen molar-refractivity contribution in [1.29, 1.82) is 0 Å². The van der Waals surface area contributed by atoms with Gasteiger partial charge in [-0.3, -0.25) is 14.3 Å². The molecule has 7 nitrogen and oxygen atoms in total. The van der Waals surface area contributed by atoms with E-state index >= 15 is 0 Å². The van der Waals surface area contributed by atoms with Crippen LogP contribution in [0, 0.1) is 6.92 Å². The number of thioether (sulfide) groups is 1. The van der Waals surface area contributed by atoms with Gasteiger partial charge in [-0.1, -0.05) is 29.8 Å². The van der Waals surface area contributed by atoms with E-state index in [9.17, 15) is 4.79 Å². The van der Waals surface area contributed by atoms with Gasteiger partial charge in [-0.25, -0.2) is 0 Å². The second-order valence-electron chi connectivity index (χ2n) is 7.25. The van der Waals surface area contributed by atoms with E-state index in [1.54, 1.807) is 11.8 Å². The average Bonchev–Trinajstić information content (AvgIpc) is 3.36. The number of nitrogens with zero attached hydrogens (tertiary/aromatic N) is 4. The highest BCUT2D eigenvalue weighted by Crippen LogP contribution is 2.26. The minimum absolute atomic E-state index is 0.0847. The molecule has 4 aromatic rings. The maximum absolute atomic E-state index is 13.1. The Morgan fingerprint density at radius 3 is 2.81 bits per heavy atom. The summed E-state index contributed by atoms with van der Waals surface area (Å²) in [5.74, 6) is 1.55. The van der Waals surface area contributed by atoms with E-state index in [4.69, 9.17) is 11.6 Å². The Labute approximate surface area is 189 Å². The van der Waals surface area contributed by atoms with Gasteiger partial charge < -0.3 is 5.32 Å². The Kier molecular flexibility index (Phi) is 6.58. The van der Waals surface area contributed by atoms with Gasteiger partial charge in [0.05, 0.1) is 18.2 Å². The Morgan fingerprint density at radius 1 is 1.23 bits per heavy atom. The van der Waals surface area contributed by atoms with Crippen LogP contribution >= 0.6 is 23.4 Å². The second kappa shape index (κ2) is 9.53. The Morgan fingerprint density at radius 2 is 2.03 bits per heavy atom. The van der Waals surface area contributed by atoms with Crippen molar-refractivity contribution in [3.63, 3.8) is 0 Å². The van der Waals surface area contributed by atoms with Crippen LogP contribution in [0.3, 0.4) is 0 Å². The van der Waals surface area contributed by atoms with Gasteiger partial charge in [-0.2, -0.15) is 16.9 Å². The minimum atomic E-state index is -0.233. The third kappa shape index (κ3) is 4.75. The lowest BCUT2D eigenvalue weighted by atomic mass is 10.0. The number of carbonyl (C=O) groups is 1. The standard InChI is InChI=1S/C22H23ClN6OS/c1-14-17(21(27-25-14)15-6-8-16(23)9-7-15)13-20(30)24-18(10-12-31-2)22-28-26-19-5-3-4-11-29(19)22/h3-9,11,18H,10,12-13H2,1-2H3,(H,24,30)(H,25,27). The summed E-state index contributed by atoms with van der Waals surface area (Å²) in [5.41, 5.74) is 4.18. The summed E-state index contributed by atoms with van der Waals surface area (Å²) in [7, 11) is 0. The molecule has 31 heavy (non-hydrogen) atoms. The summed E-state index contributed by atoms with van der Waals surface area (Å²) in [6.07, 6.45) is 4.94. The van der Waals surface area contributed by atoms with E-state index in [-0.39, 0.29) is 18.4 Å². The van der Waals surface area contributed by atoms with Crippen LogP contribution < -0.4 is 5.32 Å². The second-order valence-corrected chi connectivity index (χ2v) is 8.67. The number of nitrogens with one attached hydrogen (secondary N) is 2. The number of rotatable bonds is 8. The summed E-state index contributed by atoms with van der Waals surface area (Å²) in [5, 5.41) is 19.8.